The number of nitrogens with zero attached hydrogens (tertiary/aromatic N) is 2. The van der Waals surface area contributed by atoms with E-state index in [9.17, 15) is 9.59 Å². The number of ether oxygens (including phenoxy) is 2. The molecule has 1 amide bonds. The van der Waals surface area contributed by atoms with E-state index in [0.717, 1.165) is 11.4 Å². The Balaban J connectivity index is 1.45. The van der Waals surface area contributed by atoms with Crippen molar-refractivity contribution in [2.75, 3.05) is 25.2 Å². The summed E-state index contributed by atoms with van der Waals surface area (Å²) >= 11 is 1.36. The number of piperidine rings is 1. The fourth-order valence-corrected chi connectivity index (χ4v) is 3.35. The summed E-state index contributed by atoms with van der Waals surface area (Å²) in [6.07, 6.45) is 0.858. The summed E-state index contributed by atoms with van der Waals surface area (Å²) in [7, 11) is 0. The van der Waals surface area contributed by atoms with Gasteiger partial charge in [-0.1, -0.05) is 0 Å². The third kappa shape index (κ3) is 2.92. The van der Waals surface area contributed by atoms with Gasteiger partial charge in [-0.05, 0) is 12.1 Å². The fraction of sp³-hybridized carbons (Fsp3) is 0.312. The zero-order chi connectivity index (χ0) is 16.5. The van der Waals surface area contributed by atoms with Crippen molar-refractivity contribution in [3.63, 3.8) is 0 Å². The Kier molecular flexibility index (Phi) is 3.81. The molecule has 0 radical (unpaired) electrons. The molecule has 0 aliphatic carbocycles. The molecular formula is C16H15N3O4S. The van der Waals surface area contributed by atoms with Crippen molar-refractivity contribution in [3.8, 4) is 11.5 Å². The van der Waals surface area contributed by atoms with Crippen molar-refractivity contribution >= 4 is 33.8 Å². The van der Waals surface area contributed by atoms with Crippen LogP contribution >= 0.6 is 11.3 Å². The Morgan fingerprint density at radius 2 is 2.00 bits per heavy atom. The lowest BCUT2D eigenvalue weighted by molar-refractivity contribution is -0.120. The number of hydrogen-bond donors (Lipinski definition) is 1. The highest BCUT2D eigenvalue weighted by molar-refractivity contribution is 7.14. The quantitative estimate of drug-likeness (QED) is 0.920. The van der Waals surface area contributed by atoms with Gasteiger partial charge in [0, 0.05) is 43.1 Å². The first-order valence-corrected chi connectivity index (χ1v) is 8.50. The number of Topliss-reactive ketones (excluding diaryl/α,β-unsaturated/α-hetero) is 1. The minimum absolute atomic E-state index is 0.127. The van der Waals surface area contributed by atoms with E-state index in [-0.39, 0.29) is 18.5 Å². The number of nitrogens with one attached hydrogen (secondary N) is 1. The van der Waals surface area contributed by atoms with Gasteiger partial charge in [0.05, 0.1) is 0 Å². The molecule has 0 spiro atoms. The number of anilines is 2. The smallest absolute Gasteiger partial charge is 0.273 e. The Morgan fingerprint density at radius 1 is 1.21 bits per heavy atom. The van der Waals surface area contributed by atoms with E-state index in [2.05, 4.69) is 10.3 Å². The number of benzene rings is 1. The molecule has 4 rings (SSSR count). The van der Waals surface area contributed by atoms with Gasteiger partial charge < -0.3 is 19.7 Å². The van der Waals surface area contributed by atoms with Crippen LogP contribution in [0.25, 0.3) is 0 Å². The number of carbonyl (C=O) groups is 2. The topological polar surface area (TPSA) is 80.8 Å². The lowest BCUT2D eigenvalue weighted by Crippen LogP contribution is -2.38. The van der Waals surface area contributed by atoms with Gasteiger partial charge in [-0.2, -0.15) is 0 Å². The summed E-state index contributed by atoms with van der Waals surface area (Å²) in [5.41, 5.74) is 1.22. The fourth-order valence-electron chi connectivity index (χ4n) is 2.65. The zero-order valence-electron chi connectivity index (χ0n) is 12.8. The largest absolute Gasteiger partial charge is 0.454 e. The molecule has 8 heteroatoms. The first-order valence-electron chi connectivity index (χ1n) is 7.62. The van der Waals surface area contributed by atoms with E-state index < -0.39 is 0 Å². The molecule has 124 valence electrons. The minimum atomic E-state index is -0.127. The van der Waals surface area contributed by atoms with Crippen molar-refractivity contribution in [3.05, 3.63) is 29.3 Å². The van der Waals surface area contributed by atoms with Gasteiger partial charge in [-0.25, -0.2) is 4.98 Å². The van der Waals surface area contributed by atoms with Gasteiger partial charge in [-0.15, -0.1) is 11.3 Å². The van der Waals surface area contributed by atoms with E-state index in [1.807, 2.05) is 18.2 Å². The predicted molar refractivity (Wildman–Crippen MR) is 88.1 cm³/mol. The summed E-state index contributed by atoms with van der Waals surface area (Å²) in [6, 6.07) is 5.53. The van der Waals surface area contributed by atoms with Gasteiger partial charge in [0.15, 0.2) is 16.6 Å². The number of thiazole rings is 1. The molecular weight excluding hydrogens is 330 g/mol. The molecule has 1 saturated heterocycles. The van der Waals surface area contributed by atoms with Gasteiger partial charge in [0.1, 0.15) is 11.5 Å². The second-order valence-electron chi connectivity index (χ2n) is 5.56. The number of ketones is 1. The normalized spacial score (nSPS) is 16.3. The molecule has 7 nitrogen and oxygen atoms in total. The number of carbonyl (C=O) groups excluding carboxylic acids is 2. The number of aromatic nitrogens is 1. The van der Waals surface area contributed by atoms with Crippen molar-refractivity contribution in [1.29, 1.82) is 0 Å². The van der Waals surface area contributed by atoms with Crippen LogP contribution in [0.3, 0.4) is 0 Å². The molecule has 2 aliphatic rings. The molecule has 1 aromatic heterocycles. The van der Waals surface area contributed by atoms with Crippen LogP contribution in [0.2, 0.25) is 0 Å². The maximum atomic E-state index is 12.4. The number of amides is 1. The first-order chi connectivity index (χ1) is 11.7. The summed E-state index contributed by atoms with van der Waals surface area (Å²) in [5.74, 6) is 1.49. The molecule has 0 unspecified atom stereocenters. The Morgan fingerprint density at radius 3 is 2.83 bits per heavy atom. The average Bonchev–Trinajstić information content (AvgIpc) is 3.24. The third-order valence-corrected chi connectivity index (χ3v) is 4.71. The molecule has 1 N–H and O–H groups in total. The maximum absolute atomic E-state index is 12.4. The van der Waals surface area contributed by atoms with Gasteiger partial charge in [0.2, 0.25) is 6.79 Å². The molecule has 1 fully saturated rings. The lowest BCUT2D eigenvalue weighted by atomic mass is 10.1. The molecule has 2 aromatic rings. The van der Waals surface area contributed by atoms with Crippen molar-refractivity contribution in [1.82, 2.24) is 9.88 Å². The van der Waals surface area contributed by atoms with Crippen LogP contribution in [-0.2, 0) is 4.79 Å². The Bertz CT molecular complexity index is 794. The van der Waals surface area contributed by atoms with Crippen LogP contribution in [0.5, 0.6) is 11.5 Å². The van der Waals surface area contributed by atoms with Crippen LogP contribution in [0.4, 0.5) is 10.8 Å². The zero-order valence-corrected chi connectivity index (χ0v) is 13.6. The summed E-state index contributed by atoms with van der Waals surface area (Å²) in [6.45, 7) is 1.17. The first kappa shape index (κ1) is 14.9. The van der Waals surface area contributed by atoms with Crippen molar-refractivity contribution in [2.45, 2.75) is 12.8 Å². The van der Waals surface area contributed by atoms with E-state index in [4.69, 9.17) is 9.47 Å². The Labute approximate surface area is 142 Å². The van der Waals surface area contributed by atoms with Crippen LogP contribution in [0, 0.1) is 0 Å². The van der Waals surface area contributed by atoms with Crippen LogP contribution in [-0.4, -0.2) is 41.5 Å². The highest BCUT2D eigenvalue weighted by atomic mass is 32.1. The van der Waals surface area contributed by atoms with E-state index >= 15 is 0 Å². The molecule has 0 bridgehead atoms. The monoisotopic (exact) mass is 345 g/mol. The van der Waals surface area contributed by atoms with Gasteiger partial charge in [0.25, 0.3) is 5.91 Å². The summed E-state index contributed by atoms with van der Waals surface area (Å²) in [4.78, 5) is 29.7. The van der Waals surface area contributed by atoms with E-state index in [1.165, 1.54) is 11.3 Å². The minimum Gasteiger partial charge on any atom is -0.454 e. The molecule has 2 aliphatic heterocycles. The molecule has 0 atom stereocenters. The molecule has 1 aromatic carbocycles. The van der Waals surface area contributed by atoms with Crippen molar-refractivity contribution < 1.29 is 19.1 Å². The van der Waals surface area contributed by atoms with Gasteiger partial charge in [-0.3, -0.25) is 9.59 Å². The lowest BCUT2D eigenvalue weighted by Gasteiger charge is -2.25. The summed E-state index contributed by atoms with van der Waals surface area (Å²) in [5, 5.41) is 5.53. The van der Waals surface area contributed by atoms with Crippen LogP contribution in [0.1, 0.15) is 23.3 Å². The highest BCUT2D eigenvalue weighted by Gasteiger charge is 2.23. The second kappa shape index (κ2) is 6.12. The van der Waals surface area contributed by atoms with Crippen molar-refractivity contribution in [2.24, 2.45) is 0 Å². The highest BCUT2D eigenvalue weighted by Crippen LogP contribution is 2.35. The number of hydrogen-bond acceptors (Lipinski definition) is 7. The van der Waals surface area contributed by atoms with E-state index in [1.54, 1.807) is 10.3 Å². The summed E-state index contributed by atoms with van der Waals surface area (Å²) < 4.78 is 10.6. The molecule has 24 heavy (non-hydrogen) atoms. The predicted octanol–water partition coefficient (Wildman–Crippen LogP) is 2.42. The number of rotatable bonds is 3. The molecule has 0 saturated carbocycles. The second-order valence-corrected chi connectivity index (χ2v) is 6.42. The number of likely N-dealkylation sites (tertiary alicyclic amines) is 1. The van der Waals surface area contributed by atoms with E-state index in [0.29, 0.717) is 42.5 Å². The SMILES string of the molecule is O=C1CCN(C(=O)c2csc(Nc3ccc4c(c3)OCO4)n2)CC1. The average molecular weight is 345 g/mol. The molecule has 3 heterocycles. The van der Waals surface area contributed by atoms with Crippen LogP contribution in [0.15, 0.2) is 23.6 Å². The number of fused-ring (bicyclic) bond motifs is 1. The standard InChI is InChI=1S/C16H15N3O4S/c20-11-3-5-19(6-4-11)15(21)12-8-24-16(18-12)17-10-1-2-13-14(7-10)23-9-22-13/h1-2,7-8H,3-6,9H2,(H,17,18). The third-order valence-electron chi connectivity index (χ3n) is 3.96. The van der Waals surface area contributed by atoms with Crippen LogP contribution < -0.4 is 14.8 Å². The van der Waals surface area contributed by atoms with Gasteiger partial charge >= 0.3 is 0 Å². The Hall–Kier alpha value is -2.61. The maximum Gasteiger partial charge on any atom is 0.273 e.